The van der Waals surface area contributed by atoms with Crippen LogP contribution in [0.25, 0.3) is 5.65 Å². The number of halogens is 1. The van der Waals surface area contributed by atoms with Crippen LogP contribution >= 0.6 is 0 Å². The van der Waals surface area contributed by atoms with E-state index in [-0.39, 0.29) is 5.82 Å². The lowest BCUT2D eigenvalue weighted by Crippen LogP contribution is -2.37. The summed E-state index contributed by atoms with van der Waals surface area (Å²) in [6, 6.07) is 10.7. The number of morpholine rings is 1. The van der Waals surface area contributed by atoms with Gasteiger partial charge in [-0.1, -0.05) is 18.2 Å². The fourth-order valence-electron chi connectivity index (χ4n) is 3.89. The van der Waals surface area contributed by atoms with E-state index in [1.54, 1.807) is 12.1 Å². The Morgan fingerprint density at radius 3 is 2.68 bits per heavy atom. The number of ether oxygens (including phenoxy) is 1. The maximum Gasteiger partial charge on any atom is 0.163 e. The third-order valence-electron chi connectivity index (χ3n) is 5.49. The average molecular weight is 421 g/mol. The van der Waals surface area contributed by atoms with Crippen LogP contribution in [0.2, 0.25) is 0 Å². The Balaban J connectivity index is 1.62. The summed E-state index contributed by atoms with van der Waals surface area (Å²) in [5, 5.41) is 15.2. The molecule has 0 spiro atoms. The molecule has 1 aliphatic heterocycles. The van der Waals surface area contributed by atoms with Crippen molar-refractivity contribution in [1.29, 1.82) is 0 Å². The molecule has 1 aliphatic rings. The minimum atomic E-state index is -0.226. The van der Waals surface area contributed by atoms with E-state index in [1.165, 1.54) is 6.07 Å². The van der Waals surface area contributed by atoms with Crippen LogP contribution in [0, 0.1) is 19.7 Å². The number of anilines is 3. The van der Waals surface area contributed by atoms with Crippen molar-refractivity contribution in [2.75, 3.05) is 36.5 Å². The van der Waals surface area contributed by atoms with E-state index in [0.717, 1.165) is 35.9 Å². The van der Waals surface area contributed by atoms with Gasteiger partial charge in [0.1, 0.15) is 17.5 Å². The number of benzene rings is 1. The van der Waals surface area contributed by atoms with Gasteiger partial charge in [-0.05, 0) is 25.5 Å². The molecule has 1 saturated heterocycles. The van der Waals surface area contributed by atoms with Gasteiger partial charge < -0.3 is 15.0 Å². The van der Waals surface area contributed by atoms with Gasteiger partial charge in [0, 0.05) is 42.9 Å². The molecular formula is C22H24FN7O. The number of hydrogen-bond donors (Lipinski definition) is 2. The second-order valence-electron chi connectivity index (χ2n) is 7.73. The lowest BCUT2D eigenvalue weighted by molar-refractivity contribution is 0.122. The molecule has 9 heteroatoms. The first-order valence-corrected chi connectivity index (χ1v) is 10.3. The summed E-state index contributed by atoms with van der Waals surface area (Å²) in [5.74, 6) is 2.05. The minimum absolute atomic E-state index is 0.226. The predicted octanol–water partition coefficient (Wildman–Crippen LogP) is 3.38. The summed E-state index contributed by atoms with van der Waals surface area (Å²) in [4.78, 5) is 7.07. The Morgan fingerprint density at radius 2 is 1.94 bits per heavy atom. The van der Waals surface area contributed by atoms with Gasteiger partial charge in [0.25, 0.3) is 0 Å². The number of aromatic nitrogens is 5. The number of hydrogen-bond acceptors (Lipinski definition) is 6. The number of nitrogens with zero attached hydrogens (tertiary/aromatic N) is 5. The molecule has 0 atom stereocenters. The molecule has 4 aromatic rings. The van der Waals surface area contributed by atoms with E-state index in [9.17, 15) is 4.39 Å². The molecule has 1 fully saturated rings. The quantitative estimate of drug-likeness (QED) is 0.514. The summed E-state index contributed by atoms with van der Waals surface area (Å²) < 4.78 is 21.7. The minimum Gasteiger partial charge on any atom is -0.378 e. The summed E-state index contributed by atoms with van der Waals surface area (Å²) in [6.07, 6.45) is 0.419. The average Bonchev–Trinajstić information content (AvgIpc) is 3.32. The molecule has 3 aromatic heterocycles. The van der Waals surface area contributed by atoms with Crippen LogP contribution in [0.4, 0.5) is 21.8 Å². The molecule has 0 amide bonds. The van der Waals surface area contributed by atoms with Crippen molar-refractivity contribution in [2.24, 2.45) is 0 Å². The molecule has 4 heterocycles. The molecule has 1 aromatic carbocycles. The maximum atomic E-state index is 14.4. The number of nitrogens with one attached hydrogen (secondary N) is 2. The van der Waals surface area contributed by atoms with Crippen LogP contribution in [0.15, 0.2) is 36.4 Å². The highest BCUT2D eigenvalue weighted by molar-refractivity contribution is 5.66. The number of aromatic amines is 1. The molecule has 0 bridgehead atoms. The SMILES string of the molecule is Cc1cc(Nc2cc(N3CCOCC3)n3nc(C)c(Cc4ccccc4F)c3n2)n[nH]1. The largest absolute Gasteiger partial charge is 0.378 e. The van der Waals surface area contributed by atoms with E-state index >= 15 is 0 Å². The van der Waals surface area contributed by atoms with Crippen molar-refractivity contribution in [2.45, 2.75) is 20.3 Å². The van der Waals surface area contributed by atoms with Gasteiger partial charge >= 0.3 is 0 Å². The highest BCUT2D eigenvalue weighted by atomic mass is 19.1. The molecular weight excluding hydrogens is 397 g/mol. The monoisotopic (exact) mass is 421 g/mol. The number of rotatable bonds is 5. The first-order chi connectivity index (χ1) is 15.1. The van der Waals surface area contributed by atoms with E-state index in [2.05, 4.69) is 20.4 Å². The van der Waals surface area contributed by atoms with Crippen molar-refractivity contribution < 1.29 is 9.13 Å². The van der Waals surface area contributed by atoms with Crippen LogP contribution in [0.3, 0.4) is 0 Å². The van der Waals surface area contributed by atoms with Crippen molar-refractivity contribution in [3.05, 3.63) is 64.7 Å². The Hall–Kier alpha value is -3.46. The zero-order valence-corrected chi connectivity index (χ0v) is 17.5. The van der Waals surface area contributed by atoms with Crippen molar-refractivity contribution in [3.63, 3.8) is 0 Å². The molecule has 2 N–H and O–H groups in total. The van der Waals surface area contributed by atoms with Crippen LogP contribution in [-0.2, 0) is 11.2 Å². The summed E-state index contributed by atoms with van der Waals surface area (Å²) in [7, 11) is 0. The van der Waals surface area contributed by atoms with Gasteiger partial charge in [0.15, 0.2) is 11.5 Å². The number of fused-ring (bicyclic) bond motifs is 1. The zero-order valence-electron chi connectivity index (χ0n) is 17.5. The second kappa shape index (κ2) is 7.99. The fourth-order valence-corrected chi connectivity index (χ4v) is 3.89. The van der Waals surface area contributed by atoms with Gasteiger partial charge in [0.2, 0.25) is 0 Å². The molecule has 31 heavy (non-hydrogen) atoms. The van der Waals surface area contributed by atoms with Crippen LogP contribution < -0.4 is 10.2 Å². The van der Waals surface area contributed by atoms with Gasteiger partial charge in [-0.3, -0.25) is 5.10 Å². The van der Waals surface area contributed by atoms with E-state index < -0.39 is 0 Å². The molecule has 0 radical (unpaired) electrons. The van der Waals surface area contributed by atoms with Gasteiger partial charge in [0.05, 0.1) is 18.9 Å². The van der Waals surface area contributed by atoms with Crippen molar-refractivity contribution >= 4 is 23.1 Å². The highest BCUT2D eigenvalue weighted by Gasteiger charge is 2.21. The van der Waals surface area contributed by atoms with E-state index in [1.807, 2.05) is 36.6 Å². The third-order valence-corrected chi connectivity index (χ3v) is 5.49. The standard InChI is InChI=1S/C22H24FN7O/c1-14-11-20(27-26-14)24-19-13-21(29-7-9-31-10-8-29)30-22(25-19)17(15(2)28-30)12-16-5-3-4-6-18(16)23/h3-6,11,13H,7-10,12H2,1-2H3,(H2,24,25,26,27). The molecule has 8 nitrogen and oxygen atoms in total. The third kappa shape index (κ3) is 3.84. The first-order valence-electron chi connectivity index (χ1n) is 10.3. The van der Waals surface area contributed by atoms with E-state index in [0.29, 0.717) is 42.5 Å². The van der Waals surface area contributed by atoms with Gasteiger partial charge in [-0.25, -0.2) is 9.37 Å². The smallest absolute Gasteiger partial charge is 0.163 e. The van der Waals surface area contributed by atoms with E-state index in [4.69, 9.17) is 14.8 Å². The maximum absolute atomic E-state index is 14.4. The fraction of sp³-hybridized carbons (Fsp3) is 0.318. The lowest BCUT2D eigenvalue weighted by atomic mass is 10.0. The van der Waals surface area contributed by atoms with Crippen molar-refractivity contribution in [3.8, 4) is 0 Å². The van der Waals surface area contributed by atoms with Crippen LogP contribution in [0.1, 0.15) is 22.5 Å². The Morgan fingerprint density at radius 1 is 1.13 bits per heavy atom. The molecule has 0 saturated carbocycles. The summed E-state index contributed by atoms with van der Waals surface area (Å²) in [6.45, 7) is 6.74. The Bertz CT molecular complexity index is 1230. The zero-order chi connectivity index (χ0) is 21.4. The highest BCUT2D eigenvalue weighted by Crippen LogP contribution is 2.28. The first kappa shape index (κ1) is 19.5. The second-order valence-corrected chi connectivity index (χ2v) is 7.73. The summed E-state index contributed by atoms with van der Waals surface area (Å²) >= 11 is 0. The molecule has 5 rings (SSSR count). The van der Waals surface area contributed by atoms with Gasteiger partial charge in [-0.2, -0.15) is 14.7 Å². The normalized spacial score (nSPS) is 14.4. The van der Waals surface area contributed by atoms with Crippen LogP contribution in [0.5, 0.6) is 0 Å². The lowest BCUT2D eigenvalue weighted by Gasteiger charge is -2.29. The molecule has 0 aliphatic carbocycles. The predicted molar refractivity (Wildman–Crippen MR) is 117 cm³/mol. The summed E-state index contributed by atoms with van der Waals surface area (Å²) in [5.41, 5.74) is 4.02. The van der Waals surface area contributed by atoms with Crippen molar-refractivity contribution in [1.82, 2.24) is 24.8 Å². The topological polar surface area (TPSA) is 83.4 Å². The van der Waals surface area contributed by atoms with Crippen LogP contribution in [-0.4, -0.2) is 51.1 Å². The number of aryl methyl sites for hydroxylation is 2. The Labute approximate surface area is 179 Å². The number of H-pyrrole nitrogens is 1. The van der Waals surface area contributed by atoms with Gasteiger partial charge in [-0.15, -0.1) is 0 Å². The Kier molecular flexibility index (Phi) is 5.03. The molecule has 0 unspecified atom stereocenters. The molecule has 160 valence electrons.